The summed E-state index contributed by atoms with van der Waals surface area (Å²) in [7, 11) is 0. The van der Waals surface area contributed by atoms with Crippen LogP contribution >= 0.6 is 0 Å². The third kappa shape index (κ3) is 6.33. The van der Waals surface area contributed by atoms with Gasteiger partial charge in [-0.3, -0.25) is 0 Å². The monoisotopic (exact) mass is 217 g/mol. The summed E-state index contributed by atoms with van der Waals surface area (Å²) >= 11 is 0. The van der Waals surface area contributed by atoms with E-state index >= 15 is 0 Å². The van der Waals surface area contributed by atoms with E-state index in [-0.39, 0.29) is 6.61 Å². The van der Waals surface area contributed by atoms with E-state index in [1.807, 2.05) is 27.7 Å². The molecular weight excluding hydrogens is 194 g/mol. The molecule has 4 nitrogen and oxygen atoms in total. The van der Waals surface area contributed by atoms with E-state index in [1.54, 1.807) is 6.92 Å². The minimum absolute atomic E-state index is 0.0833. The molecule has 0 aromatic heterocycles. The lowest BCUT2D eigenvalue weighted by Crippen LogP contribution is -2.50. The summed E-state index contributed by atoms with van der Waals surface area (Å²) in [6, 6.07) is 0. The number of carbonyl (C=O) groups is 1. The molecule has 0 saturated heterocycles. The van der Waals surface area contributed by atoms with Crippen molar-refractivity contribution in [3.63, 3.8) is 0 Å². The van der Waals surface area contributed by atoms with E-state index in [2.05, 4.69) is 5.32 Å². The van der Waals surface area contributed by atoms with Crippen molar-refractivity contribution >= 4 is 6.09 Å². The number of hydrogen-bond acceptors (Lipinski definition) is 3. The largest absolute Gasteiger partial charge is 0.444 e. The number of aliphatic hydroxyl groups is 1. The van der Waals surface area contributed by atoms with Gasteiger partial charge in [-0.05, 0) is 34.1 Å². The van der Waals surface area contributed by atoms with Gasteiger partial charge in [0.05, 0.1) is 12.1 Å². The zero-order chi connectivity index (χ0) is 12.1. The quantitative estimate of drug-likeness (QED) is 0.757. The first kappa shape index (κ1) is 14.2. The molecule has 0 spiro atoms. The number of rotatable bonds is 4. The Morgan fingerprint density at radius 1 is 1.33 bits per heavy atom. The van der Waals surface area contributed by atoms with Crippen LogP contribution in [0.1, 0.15) is 47.5 Å². The summed E-state index contributed by atoms with van der Waals surface area (Å²) in [6.07, 6.45) is 1.14. The molecule has 4 heteroatoms. The average Bonchev–Trinajstić information content (AvgIpc) is 2.00. The summed E-state index contributed by atoms with van der Waals surface area (Å²) in [5.41, 5.74) is -1.09. The Morgan fingerprint density at radius 2 is 1.87 bits per heavy atom. The van der Waals surface area contributed by atoms with Crippen LogP contribution in [0, 0.1) is 0 Å². The third-order valence-corrected chi connectivity index (χ3v) is 1.95. The van der Waals surface area contributed by atoms with Crippen LogP contribution < -0.4 is 5.32 Å². The van der Waals surface area contributed by atoms with E-state index < -0.39 is 17.2 Å². The van der Waals surface area contributed by atoms with Crippen LogP contribution in [0.25, 0.3) is 0 Å². The molecule has 15 heavy (non-hydrogen) atoms. The summed E-state index contributed by atoms with van der Waals surface area (Å²) < 4.78 is 5.12. The summed E-state index contributed by atoms with van der Waals surface area (Å²) in [6.45, 7) is 9.15. The fourth-order valence-electron chi connectivity index (χ4n) is 1.28. The maximum Gasteiger partial charge on any atom is 0.408 e. The smallest absolute Gasteiger partial charge is 0.408 e. The Bertz CT molecular complexity index is 210. The highest BCUT2D eigenvalue weighted by Gasteiger charge is 2.27. The van der Waals surface area contributed by atoms with Gasteiger partial charge in [-0.15, -0.1) is 0 Å². The van der Waals surface area contributed by atoms with Gasteiger partial charge >= 0.3 is 6.09 Å². The van der Waals surface area contributed by atoms with Gasteiger partial charge in [0.1, 0.15) is 5.60 Å². The van der Waals surface area contributed by atoms with Gasteiger partial charge in [-0.25, -0.2) is 4.79 Å². The van der Waals surface area contributed by atoms with Crippen LogP contribution in [0.5, 0.6) is 0 Å². The molecule has 0 aromatic carbocycles. The fourth-order valence-corrected chi connectivity index (χ4v) is 1.28. The second kappa shape index (κ2) is 5.35. The highest BCUT2D eigenvalue weighted by molar-refractivity contribution is 5.68. The van der Waals surface area contributed by atoms with Crippen molar-refractivity contribution in [3.05, 3.63) is 0 Å². The van der Waals surface area contributed by atoms with Gasteiger partial charge < -0.3 is 15.2 Å². The van der Waals surface area contributed by atoms with Crippen LogP contribution in [-0.4, -0.2) is 28.9 Å². The molecular formula is C11H23NO3. The molecule has 90 valence electrons. The Labute approximate surface area is 92.0 Å². The fraction of sp³-hybridized carbons (Fsp3) is 0.909. The number of alkyl carbamates (subject to hydrolysis) is 1. The minimum Gasteiger partial charge on any atom is -0.444 e. The SMILES string of the molecule is CCC[C@@](C)(CO)NC(=O)OC(C)(C)C. The number of aliphatic hydroxyl groups excluding tert-OH is 1. The second-order valence-corrected chi connectivity index (χ2v) is 5.10. The molecule has 1 atom stereocenters. The van der Waals surface area contributed by atoms with Crippen molar-refractivity contribution in [1.29, 1.82) is 0 Å². The zero-order valence-electron chi connectivity index (χ0n) is 10.4. The Morgan fingerprint density at radius 3 is 2.20 bits per heavy atom. The summed E-state index contributed by atoms with van der Waals surface area (Å²) in [5.74, 6) is 0. The van der Waals surface area contributed by atoms with Crippen LogP contribution in [0.2, 0.25) is 0 Å². The molecule has 0 bridgehead atoms. The van der Waals surface area contributed by atoms with Crippen LogP contribution in [0.4, 0.5) is 4.79 Å². The van der Waals surface area contributed by atoms with E-state index in [1.165, 1.54) is 0 Å². The van der Waals surface area contributed by atoms with Crippen molar-refractivity contribution in [3.8, 4) is 0 Å². The Kier molecular flexibility index (Phi) is 5.08. The minimum atomic E-state index is -0.586. The highest BCUT2D eigenvalue weighted by Crippen LogP contribution is 2.13. The first-order valence-electron chi connectivity index (χ1n) is 5.34. The molecule has 0 unspecified atom stereocenters. The number of nitrogens with one attached hydrogen (secondary N) is 1. The summed E-state index contributed by atoms with van der Waals surface area (Å²) in [4.78, 5) is 11.5. The maximum atomic E-state index is 11.5. The molecule has 0 saturated carbocycles. The number of carbonyl (C=O) groups excluding carboxylic acids is 1. The van der Waals surface area contributed by atoms with Crippen molar-refractivity contribution in [2.24, 2.45) is 0 Å². The molecule has 0 heterocycles. The Balaban J connectivity index is 4.24. The van der Waals surface area contributed by atoms with E-state index in [0.717, 1.165) is 12.8 Å². The van der Waals surface area contributed by atoms with Crippen molar-refractivity contribution in [1.82, 2.24) is 5.32 Å². The van der Waals surface area contributed by atoms with E-state index in [4.69, 9.17) is 4.74 Å². The predicted octanol–water partition coefficient (Wildman–Crippen LogP) is 2.06. The van der Waals surface area contributed by atoms with Gasteiger partial charge in [0.15, 0.2) is 0 Å². The molecule has 0 radical (unpaired) electrons. The normalized spacial score (nSPS) is 15.6. The zero-order valence-corrected chi connectivity index (χ0v) is 10.4. The molecule has 0 rings (SSSR count). The molecule has 0 fully saturated rings. The van der Waals surface area contributed by atoms with Crippen molar-refractivity contribution in [2.45, 2.75) is 58.6 Å². The van der Waals surface area contributed by atoms with E-state index in [0.29, 0.717) is 0 Å². The lowest BCUT2D eigenvalue weighted by Gasteiger charge is -2.30. The van der Waals surface area contributed by atoms with Crippen LogP contribution in [-0.2, 0) is 4.74 Å². The van der Waals surface area contributed by atoms with Gasteiger partial charge in [-0.1, -0.05) is 13.3 Å². The first-order valence-corrected chi connectivity index (χ1v) is 5.34. The van der Waals surface area contributed by atoms with E-state index in [9.17, 15) is 9.90 Å². The number of hydrogen-bond donors (Lipinski definition) is 2. The van der Waals surface area contributed by atoms with Gasteiger partial charge in [0, 0.05) is 0 Å². The molecule has 0 aromatic rings. The van der Waals surface area contributed by atoms with Crippen LogP contribution in [0.3, 0.4) is 0 Å². The van der Waals surface area contributed by atoms with Gasteiger partial charge in [-0.2, -0.15) is 0 Å². The number of amides is 1. The average molecular weight is 217 g/mol. The van der Waals surface area contributed by atoms with Crippen molar-refractivity contribution in [2.75, 3.05) is 6.61 Å². The maximum absolute atomic E-state index is 11.5. The standard InChI is InChI=1S/C11H23NO3/c1-6-7-11(5,8-13)12-9(14)15-10(2,3)4/h13H,6-8H2,1-5H3,(H,12,14)/t11-/m0/s1. The second-order valence-electron chi connectivity index (χ2n) is 5.10. The topological polar surface area (TPSA) is 58.6 Å². The molecule has 2 N–H and O–H groups in total. The lowest BCUT2D eigenvalue weighted by molar-refractivity contribution is 0.0406. The van der Waals surface area contributed by atoms with Crippen molar-refractivity contribution < 1.29 is 14.6 Å². The van der Waals surface area contributed by atoms with Gasteiger partial charge in [0.2, 0.25) is 0 Å². The molecule has 1 amide bonds. The Hall–Kier alpha value is -0.770. The lowest BCUT2D eigenvalue weighted by atomic mass is 9.98. The molecule has 0 aliphatic heterocycles. The van der Waals surface area contributed by atoms with Gasteiger partial charge in [0.25, 0.3) is 0 Å². The number of ether oxygens (including phenoxy) is 1. The molecule has 0 aliphatic carbocycles. The predicted molar refractivity (Wildman–Crippen MR) is 59.8 cm³/mol. The van der Waals surface area contributed by atoms with Crippen LogP contribution in [0.15, 0.2) is 0 Å². The first-order chi connectivity index (χ1) is 6.72. The highest BCUT2D eigenvalue weighted by atomic mass is 16.6. The summed E-state index contributed by atoms with van der Waals surface area (Å²) in [5, 5.41) is 11.9. The third-order valence-electron chi connectivity index (χ3n) is 1.95. The molecule has 0 aliphatic rings.